The van der Waals surface area contributed by atoms with E-state index < -0.39 is 0 Å². The van der Waals surface area contributed by atoms with Crippen molar-refractivity contribution in [3.05, 3.63) is 46.4 Å². The number of rotatable bonds is 6. The smallest absolute Gasteiger partial charge is 0.276 e. The van der Waals surface area contributed by atoms with E-state index in [1.807, 2.05) is 18.2 Å². The molecule has 0 N–H and O–H groups in total. The molecule has 0 radical (unpaired) electrons. The largest absolute Gasteiger partial charge is 0.490 e. The molecule has 1 aromatic heterocycles. The Morgan fingerprint density at radius 1 is 1.04 bits per heavy atom. The predicted octanol–water partition coefficient (Wildman–Crippen LogP) is 4.94. The zero-order valence-corrected chi connectivity index (χ0v) is 15.6. The van der Waals surface area contributed by atoms with Crippen LogP contribution in [0, 0.1) is 0 Å². The molecule has 134 valence electrons. The van der Waals surface area contributed by atoms with Gasteiger partial charge in [-0.05, 0) is 30.3 Å². The van der Waals surface area contributed by atoms with Gasteiger partial charge in [-0.15, -0.1) is 10.2 Å². The zero-order chi connectivity index (χ0) is 17.9. The summed E-state index contributed by atoms with van der Waals surface area (Å²) in [6, 6.07) is 10.7. The molecule has 0 saturated heterocycles. The molecule has 1 aliphatic rings. The fourth-order valence-electron chi connectivity index (χ4n) is 2.31. The summed E-state index contributed by atoms with van der Waals surface area (Å²) in [4.78, 5) is 0. The van der Waals surface area contributed by atoms with Gasteiger partial charge in [-0.25, -0.2) is 0 Å². The molecule has 2 heterocycles. The summed E-state index contributed by atoms with van der Waals surface area (Å²) in [5, 5.41) is 9.50. The van der Waals surface area contributed by atoms with Crippen molar-refractivity contribution >= 4 is 35.0 Å². The van der Waals surface area contributed by atoms with Crippen LogP contribution in [-0.4, -0.2) is 29.4 Å². The number of benzene rings is 2. The third-order valence-corrected chi connectivity index (χ3v) is 4.88. The number of hydrogen-bond donors (Lipinski definition) is 0. The zero-order valence-electron chi connectivity index (χ0n) is 13.3. The second kappa shape index (κ2) is 7.65. The highest BCUT2D eigenvalue weighted by atomic mass is 35.5. The van der Waals surface area contributed by atoms with E-state index in [1.54, 1.807) is 18.2 Å². The first-order valence-corrected chi connectivity index (χ1v) is 9.38. The van der Waals surface area contributed by atoms with E-state index >= 15 is 0 Å². The van der Waals surface area contributed by atoms with Gasteiger partial charge in [0.25, 0.3) is 5.22 Å². The van der Waals surface area contributed by atoms with Gasteiger partial charge < -0.3 is 18.6 Å². The molecule has 6 nitrogen and oxygen atoms in total. The average molecular weight is 411 g/mol. The Hall–Kier alpha value is -2.09. The van der Waals surface area contributed by atoms with Gasteiger partial charge in [-0.2, -0.15) is 0 Å². The molecule has 0 saturated carbocycles. The minimum atomic E-state index is 0.221. The van der Waals surface area contributed by atoms with E-state index in [0.29, 0.717) is 50.8 Å². The van der Waals surface area contributed by atoms with E-state index in [9.17, 15) is 0 Å². The number of thioether (sulfide) groups is 1. The summed E-state index contributed by atoms with van der Waals surface area (Å²) >= 11 is 13.5. The highest BCUT2D eigenvalue weighted by Crippen LogP contribution is 2.36. The number of aromatic nitrogens is 2. The fraction of sp³-hybridized carbons (Fsp3) is 0.176. The Morgan fingerprint density at radius 3 is 2.69 bits per heavy atom. The normalized spacial score (nSPS) is 12.4. The number of ether oxygens (including phenoxy) is 3. The average Bonchev–Trinajstić information content (AvgIpc) is 3.29. The predicted molar refractivity (Wildman–Crippen MR) is 98.5 cm³/mol. The van der Waals surface area contributed by atoms with Crippen LogP contribution in [0.15, 0.2) is 46.0 Å². The van der Waals surface area contributed by atoms with Crippen molar-refractivity contribution in [3.63, 3.8) is 0 Å². The van der Waals surface area contributed by atoms with Gasteiger partial charge in [0.15, 0.2) is 17.2 Å². The van der Waals surface area contributed by atoms with Crippen LogP contribution >= 0.6 is 35.0 Å². The minimum absolute atomic E-state index is 0.221. The first kappa shape index (κ1) is 17.3. The maximum Gasteiger partial charge on any atom is 0.276 e. The van der Waals surface area contributed by atoms with Gasteiger partial charge in [0.05, 0.1) is 16.7 Å². The molecule has 26 heavy (non-hydrogen) atoms. The number of para-hydroxylation sites is 1. The molecule has 0 bridgehead atoms. The summed E-state index contributed by atoms with van der Waals surface area (Å²) in [5.41, 5.74) is 0.771. The van der Waals surface area contributed by atoms with Crippen LogP contribution in [-0.2, 0) is 0 Å². The Kier molecular flexibility index (Phi) is 5.10. The summed E-state index contributed by atoms with van der Waals surface area (Å²) in [7, 11) is 0. The van der Waals surface area contributed by atoms with Crippen molar-refractivity contribution in [3.8, 4) is 28.7 Å². The van der Waals surface area contributed by atoms with Gasteiger partial charge in [-0.3, -0.25) is 0 Å². The molecule has 0 atom stereocenters. The molecule has 3 aromatic rings. The van der Waals surface area contributed by atoms with Gasteiger partial charge in [0.1, 0.15) is 0 Å². The lowest BCUT2D eigenvalue weighted by Gasteiger charge is -2.08. The maximum absolute atomic E-state index is 6.06. The number of halogens is 2. The molecule has 0 fully saturated rings. The van der Waals surface area contributed by atoms with E-state index in [1.165, 1.54) is 11.8 Å². The first-order valence-electron chi connectivity index (χ1n) is 7.64. The van der Waals surface area contributed by atoms with E-state index in [0.717, 1.165) is 5.56 Å². The van der Waals surface area contributed by atoms with Crippen LogP contribution in [0.25, 0.3) is 11.5 Å². The van der Waals surface area contributed by atoms with Crippen molar-refractivity contribution in [2.24, 2.45) is 0 Å². The monoisotopic (exact) mass is 410 g/mol. The lowest BCUT2D eigenvalue weighted by atomic mass is 10.2. The van der Waals surface area contributed by atoms with Crippen LogP contribution in [0.2, 0.25) is 10.0 Å². The van der Waals surface area contributed by atoms with E-state index in [-0.39, 0.29) is 6.79 Å². The summed E-state index contributed by atoms with van der Waals surface area (Å²) < 4.78 is 21.9. The third kappa shape index (κ3) is 3.70. The quantitative estimate of drug-likeness (QED) is 0.420. The molecule has 2 aromatic carbocycles. The van der Waals surface area contributed by atoms with Crippen LogP contribution in [0.4, 0.5) is 0 Å². The molecule has 9 heteroatoms. The number of nitrogens with zero attached hydrogens (tertiary/aromatic N) is 2. The van der Waals surface area contributed by atoms with Gasteiger partial charge >= 0.3 is 0 Å². The Balaban J connectivity index is 1.34. The van der Waals surface area contributed by atoms with E-state index in [2.05, 4.69) is 10.2 Å². The van der Waals surface area contributed by atoms with Gasteiger partial charge in [0.2, 0.25) is 12.7 Å². The molecule has 0 spiro atoms. The second-order valence-corrected chi connectivity index (χ2v) is 7.05. The molecular formula is C17H12Cl2N2O4S. The topological polar surface area (TPSA) is 66.6 Å². The molecular weight excluding hydrogens is 399 g/mol. The Morgan fingerprint density at radius 2 is 1.85 bits per heavy atom. The second-order valence-electron chi connectivity index (χ2n) is 5.19. The summed E-state index contributed by atoms with van der Waals surface area (Å²) in [6.07, 6.45) is 0. The summed E-state index contributed by atoms with van der Waals surface area (Å²) in [6.45, 7) is 0.620. The molecule has 0 aliphatic carbocycles. The van der Waals surface area contributed by atoms with Crippen LogP contribution < -0.4 is 14.2 Å². The highest BCUT2D eigenvalue weighted by Gasteiger charge is 2.17. The molecule has 0 unspecified atom stereocenters. The first-order chi connectivity index (χ1) is 12.7. The van der Waals surface area contributed by atoms with Crippen molar-refractivity contribution < 1.29 is 18.6 Å². The van der Waals surface area contributed by atoms with Crippen molar-refractivity contribution in [1.29, 1.82) is 0 Å². The van der Waals surface area contributed by atoms with Crippen LogP contribution in [0.5, 0.6) is 17.2 Å². The van der Waals surface area contributed by atoms with Crippen LogP contribution in [0.1, 0.15) is 0 Å². The Bertz CT molecular complexity index is 915. The third-order valence-electron chi connectivity index (χ3n) is 3.50. The van der Waals surface area contributed by atoms with Crippen molar-refractivity contribution in [2.75, 3.05) is 19.2 Å². The molecule has 1 aliphatic heterocycles. The lowest BCUT2D eigenvalue weighted by molar-refractivity contribution is 0.174. The SMILES string of the molecule is Clc1cccc(Cl)c1OCCSc1nnc(-c2ccc3c(c2)OCO3)o1. The molecule has 0 amide bonds. The Labute approximate surface area is 163 Å². The fourth-order valence-corrected chi connectivity index (χ4v) is 3.39. The van der Waals surface area contributed by atoms with Crippen molar-refractivity contribution in [2.45, 2.75) is 5.22 Å². The lowest BCUT2D eigenvalue weighted by Crippen LogP contribution is -2.01. The maximum atomic E-state index is 6.06. The van der Waals surface area contributed by atoms with E-state index in [4.69, 9.17) is 41.8 Å². The van der Waals surface area contributed by atoms with Crippen LogP contribution in [0.3, 0.4) is 0 Å². The standard InChI is InChI=1S/C17H12Cl2N2O4S/c18-11-2-1-3-12(19)15(11)22-6-7-26-17-21-20-16(25-17)10-4-5-13-14(8-10)24-9-23-13/h1-5,8H,6-7,9H2. The van der Waals surface area contributed by atoms with Gasteiger partial charge in [-0.1, -0.05) is 41.0 Å². The number of fused-ring (bicyclic) bond motifs is 1. The summed E-state index contributed by atoms with van der Waals surface area (Å²) in [5.74, 6) is 2.87. The minimum Gasteiger partial charge on any atom is -0.490 e. The van der Waals surface area contributed by atoms with Gasteiger partial charge in [0, 0.05) is 11.3 Å². The number of hydrogen-bond acceptors (Lipinski definition) is 7. The van der Waals surface area contributed by atoms with Crippen molar-refractivity contribution in [1.82, 2.24) is 10.2 Å². The molecule has 4 rings (SSSR count). The highest BCUT2D eigenvalue weighted by molar-refractivity contribution is 7.99.